The third-order valence-electron chi connectivity index (χ3n) is 3.66. The van der Waals surface area contributed by atoms with E-state index in [0.29, 0.717) is 12.2 Å². The molecule has 1 heterocycles. The van der Waals surface area contributed by atoms with Crippen LogP contribution in [-0.4, -0.2) is 18.6 Å². The van der Waals surface area contributed by atoms with Crippen molar-refractivity contribution in [3.05, 3.63) is 53.6 Å². The molecular weight excluding hydrogens is 302 g/mol. The minimum Gasteiger partial charge on any atom is -0.493 e. The number of hydrogen-bond donors (Lipinski definition) is 1. The largest absolute Gasteiger partial charge is 0.493 e. The van der Waals surface area contributed by atoms with Crippen LogP contribution in [0.1, 0.15) is 31.9 Å². The lowest BCUT2D eigenvalue weighted by molar-refractivity contribution is -0.110. The topological polar surface area (TPSA) is 47.6 Å². The second-order valence-corrected chi connectivity index (χ2v) is 5.86. The standard InChI is InChI=1S/C20H21NO3/c1-4-23-19-8-6-5-7-14(19)11-17-16-10-9-15(24-13(2)3)12-18(16)21-20(17)22/h5-13H,4H2,1-3H3,(H,21,22). The summed E-state index contributed by atoms with van der Waals surface area (Å²) in [5.41, 5.74) is 3.17. The minimum absolute atomic E-state index is 0.0910. The lowest BCUT2D eigenvalue weighted by Crippen LogP contribution is -2.06. The van der Waals surface area contributed by atoms with Gasteiger partial charge in [0.05, 0.1) is 18.4 Å². The molecule has 0 radical (unpaired) electrons. The smallest absolute Gasteiger partial charge is 0.256 e. The summed E-state index contributed by atoms with van der Waals surface area (Å²) in [6.45, 7) is 6.47. The number of ether oxygens (including phenoxy) is 2. The van der Waals surface area contributed by atoms with Crippen molar-refractivity contribution < 1.29 is 14.3 Å². The van der Waals surface area contributed by atoms with E-state index in [2.05, 4.69) is 5.32 Å². The fraction of sp³-hybridized carbons (Fsp3) is 0.250. The molecule has 2 aromatic rings. The van der Waals surface area contributed by atoms with Gasteiger partial charge in [-0.05, 0) is 45.0 Å². The molecule has 1 aliphatic rings. The van der Waals surface area contributed by atoms with Crippen LogP contribution in [0.5, 0.6) is 11.5 Å². The van der Waals surface area contributed by atoms with Gasteiger partial charge >= 0.3 is 0 Å². The van der Waals surface area contributed by atoms with E-state index in [-0.39, 0.29) is 12.0 Å². The van der Waals surface area contributed by atoms with Gasteiger partial charge in [-0.1, -0.05) is 18.2 Å². The van der Waals surface area contributed by atoms with Crippen LogP contribution in [0.2, 0.25) is 0 Å². The van der Waals surface area contributed by atoms with E-state index < -0.39 is 0 Å². The van der Waals surface area contributed by atoms with Gasteiger partial charge in [-0.2, -0.15) is 0 Å². The number of carbonyl (C=O) groups excluding carboxylic acids is 1. The molecule has 0 atom stereocenters. The molecule has 3 rings (SSSR count). The number of nitrogens with one attached hydrogen (secondary N) is 1. The molecule has 1 amide bonds. The Balaban J connectivity index is 1.98. The summed E-state index contributed by atoms with van der Waals surface area (Å²) in [7, 11) is 0. The van der Waals surface area contributed by atoms with Crippen molar-refractivity contribution in [1.29, 1.82) is 0 Å². The Hall–Kier alpha value is -2.75. The van der Waals surface area contributed by atoms with Crippen LogP contribution in [0.15, 0.2) is 42.5 Å². The number of amides is 1. The van der Waals surface area contributed by atoms with Crippen LogP contribution < -0.4 is 14.8 Å². The monoisotopic (exact) mass is 323 g/mol. The Morgan fingerprint density at radius 2 is 1.96 bits per heavy atom. The second-order valence-electron chi connectivity index (χ2n) is 5.86. The molecule has 24 heavy (non-hydrogen) atoms. The lowest BCUT2D eigenvalue weighted by Gasteiger charge is -2.10. The van der Waals surface area contributed by atoms with E-state index in [1.807, 2.05) is 69.3 Å². The molecule has 0 aliphatic carbocycles. The third kappa shape index (κ3) is 3.27. The Kier molecular flexibility index (Phi) is 4.56. The van der Waals surface area contributed by atoms with Crippen molar-refractivity contribution in [3.8, 4) is 11.5 Å². The maximum absolute atomic E-state index is 12.4. The van der Waals surface area contributed by atoms with Crippen LogP contribution in [-0.2, 0) is 4.79 Å². The number of carbonyl (C=O) groups is 1. The van der Waals surface area contributed by atoms with Crippen molar-refractivity contribution in [3.63, 3.8) is 0 Å². The highest BCUT2D eigenvalue weighted by Crippen LogP contribution is 2.36. The van der Waals surface area contributed by atoms with E-state index in [1.54, 1.807) is 0 Å². The number of fused-ring (bicyclic) bond motifs is 1. The van der Waals surface area contributed by atoms with Crippen molar-refractivity contribution >= 4 is 23.2 Å². The molecule has 0 unspecified atom stereocenters. The summed E-state index contributed by atoms with van der Waals surface area (Å²) in [5, 5.41) is 2.90. The molecule has 1 aliphatic heterocycles. The van der Waals surface area contributed by atoms with E-state index in [4.69, 9.17) is 9.47 Å². The predicted octanol–water partition coefficient (Wildman–Crippen LogP) is 4.37. The molecule has 0 spiro atoms. The molecule has 0 fully saturated rings. The van der Waals surface area contributed by atoms with Gasteiger partial charge in [0.25, 0.3) is 5.91 Å². The zero-order valence-corrected chi connectivity index (χ0v) is 14.1. The molecule has 0 aromatic heterocycles. The fourth-order valence-corrected chi connectivity index (χ4v) is 2.70. The van der Waals surface area contributed by atoms with Crippen LogP contribution in [0.25, 0.3) is 11.6 Å². The Morgan fingerprint density at radius 1 is 1.17 bits per heavy atom. The Morgan fingerprint density at radius 3 is 2.71 bits per heavy atom. The average molecular weight is 323 g/mol. The molecule has 1 N–H and O–H groups in total. The Labute approximate surface area is 142 Å². The van der Waals surface area contributed by atoms with Crippen LogP contribution >= 0.6 is 0 Å². The van der Waals surface area contributed by atoms with Crippen molar-refractivity contribution in [1.82, 2.24) is 0 Å². The summed E-state index contributed by atoms with van der Waals surface area (Å²) < 4.78 is 11.3. The first-order valence-corrected chi connectivity index (χ1v) is 8.14. The summed E-state index contributed by atoms with van der Waals surface area (Å²) in [6, 6.07) is 13.4. The number of benzene rings is 2. The zero-order chi connectivity index (χ0) is 17.1. The maximum Gasteiger partial charge on any atom is 0.256 e. The third-order valence-corrected chi connectivity index (χ3v) is 3.66. The Bertz CT molecular complexity index is 793. The van der Waals surface area contributed by atoms with Gasteiger partial charge in [-0.25, -0.2) is 0 Å². The molecule has 4 heteroatoms. The van der Waals surface area contributed by atoms with Gasteiger partial charge in [0.1, 0.15) is 11.5 Å². The van der Waals surface area contributed by atoms with Gasteiger partial charge in [0.15, 0.2) is 0 Å². The van der Waals surface area contributed by atoms with E-state index >= 15 is 0 Å². The van der Waals surface area contributed by atoms with E-state index in [0.717, 1.165) is 28.3 Å². The van der Waals surface area contributed by atoms with E-state index in [9.17, 15) is 4.79 Å². The number of anilines is 1. The average Bonchev–Trinajstić information content (AvgIpc) is 2.84. The zero-order valence-electron chi connectivity index (χ0n) is 14.1. The summed E-state index contributed by atoms with van der Waals surface area (Å²) in [6.07, 6.45) is 1.96. The number of para-hydroxylation sites is 1. The van der Waals surface area contributed by atoms with Crippen molar-refractivity contribution in [2.24, 2.45) is 0 Å². The van der Waals surface area contributed by atoms with Crippen LogP contribution in [0.3, 0.4) is 0 Å². The lowest BCUT2D eigenvalue weighted by atomic mass is 10.0. The highest BCUT2D eigenvalue weighted by molar-refractivity contribution is 6.35. The molecular formula is C20H21NO3. The van der Waals surface area contributed by atoms with Gasteiger partial charge in [-0.15, -0.1) is 0 Å². The fourth-order valence-electron chi connectivity index (χ4n) is 2.70. The van der Waals surface area contributed by atoms with Crippen molar-refractivity contribution in [2.75, 3.05) is 11.9 Å². The van der Waals surface area contributed by atoms with Gasteiger partial charge in [0, 0.05) is 22.8 Å². The van der Waals surface area contributed by atoms with Gasteiger partial charge in [0.2, 0.25) is 0 Å². The first kappa shape index (κ1) is 16.1. The number of rotatable bonds is 5. The summed E-state index contributed by atoms with van der Waals surface area (Å²) >= 11 is 0. The molecule has 2 aromatic carbocycles. The van der Waals surface area contributed by atoms with Crippen LogP contribution in [0, 0.1) is 0 Å². The summed E-state index contributed by atoms with van der Waals surface area (Å²) in [5.74, 6) is 1.41. The molecule has 0 bridgehead atoms. The normalized spacial score (nSPS) is 14.7. The van der Waals surface area contributed by atoms with Gasteiger partial charge in [-0.3, -0.25) is 4.79 Å². The molecule has 124 valence electrons. The summed E-state index contributed by atoms with van der Waals surface area (Å²) in [4.78, 5) is 12.4. The minimum atomic E-state index is -0.113. The quantitative estimate of drug-likeness (QED) is 0.831. The highest BCUT2D eigenvalue weighted by atomic mass is 16.5. The predicted molar refractivity (Wildman–Crippen MR) is 96.3 cm³/mol. The van der Waals surface area contributed by atoms with Crippen molar-refractivity contribution in [2.45, 2.75) is 26.9 Å². The SMILES string of the molecule is CCOc1ccccc1C=C1C(=O)Nc2cc(OC(C)C)ccc21. The highest BCUT2D eigenvalue weighted by Gasteiger charge is 2.25. The molecule has 0 saturated heterocycles. The first-order chi connectivity index (χ1) is 11.6. The molecule has 4 nitrogen and oxygen atoms in total. The number of hydrogen-bond acceptors (Lipinski definition) is 3. The molecule has 0 saturated carbocycles. The van der Waals surface area contributed by atoms with Crippen LogP contribution in [0.4, 0.5) is 5.69 Å². The van der Waals surface area contributed by atoms with Gasteiger partial charge < -0.3 is 14.8 Å². The second kappa shape index (κ2) is 6.79. The maximum atomic E-state index is 12.4. The first-order valence-electron chi connectivity index (χ1n) is 8.14. The van der Waals surface area contributed by atoms with E-state index in [1.165, 1.54) is 0 Å².